The van der Waals surface area contributed by atoms with Crippen molar-refractivity contribution in [1.82, 2.24) is 0 Å². The van der Waals surface area contributed by atoms with Gasteiger partial charge in [0.05, 0.1) is 6.42 Å². The van der Waals surface area contributed by atoms with Gasteiger partial charge in [-0.05, 0) is 42.5 Å². The summed E-state index contributed by atoms with van der Waals surface area (Å²) in [5, 5.41) is 12.2. The first kappa shape index (κ1) is 13.4. The highest BCUT2D eigenvalue weighted by molar-refractivity contribution is 5.93. The lowest BCUT2D eigenvalue weighted by Crippen LogP contribution is -2.38. The summed E-state index contributed by atoms with van der Waals surface area (Å²) < 4.78 is 0. The van der Waals surface area contributed by atoms with E-state index in [2.05, 4.69) is 5.32 Å². The molecule has 0 unspecified atom stereocenters. The van der Waals surface area contributed by atoms with Crippen LogP contribution in [0.3, 0.4) is 0 Å². The lowest BCUT2D eigenvalue weighted by atomic mass is 9.66. The molecule has 0 aromatic heterocycles. The quantitative estimate of drug-likeness (QED) is 0.729. The predicted molar refractivity (Wildman–Crippen MR) is 72.0 cm³/mol. The maximum absolute atomic E-state index is 10.9. The van der Waals surface area contributed by atoms with Gasteiger partial charge in [-0.15, -0.1) is 0 Å². The molecule has 1 fully saturated rings. The van der Waals surface area contributed by atoms with Crippen LogP contribution in [-0.2, 0) is 4.79 Å². The second-order valence-electron chi connectivity index (χ2n) is 5.22. The van der Waals surface area contributed by atoms with Gasteiger partial charge in [0.1, 0.15) is 0 Å². The average Bonchev–Trinajstić information content (AvgIpc) is 2.32. The molecule has 0 radical (unpaired) electrons. The number of carboxylic acids is 1. The van der Waals surface area contributed by atoms with Gasteiger partial charge in [-0.1, -0.05) is 6.42 Å². The Hall–Kier alpha value is -2.04. The van der Waals surface area contributed by atoms with Crippen molar-refractivity contribution in [1.29, 1.82) is 0 Å². The van der Waals surface area contributed by atoms with Crippen LogP contribution in [0.2, 0.25) is 0 Å². The summed E-state index contributed by atoms with van der Waals surface area (Å²) in [5.41, 5.74) is 6.39. The summed E-state index contributed by atoms with van der Waals surface area (Å²) >= 11 is 0. The standard InChI is InChI=1S/C14H18N2O3/c15-13(19)10-2-4-11(5-3-10)16-9-14(6-1-7-14)8-12(17)18/h2-5,16H,1,6-9H2,(H2,15,19)(H,17,18). The van der Waals surface area contributed by atoms with Gasteiger partial charge in [0.2, 0.25) is 5.91 Å². The van der Waals surface area contributed by atoms with Crippen LogP contribution >= 0.6 is 0 Å². The Labute approximate surface area is 111 Å². The number of benzene rings is 1. The van der Waals surface area contributed by atoms with Gasteiger partial charge < -0.3 is 16.2 Å². The zero-order valence-electron chi connectivity index (χ0n) is 10.7. The molecule has 0 aliphatic heterocycles. The zero-order valence-corrected chi connectivity index (χ0v) is 10.7. The van der Waals surface area contributed by atoms with Crippen molar-refractivity contribution < 1.29 is 14.7 Å². The smallest absolute Gasteiger partial charge is 0.303 e. The van der Waals surface area contributed by atoms with Crippen LogP contribution < -0.4 is 11.1 Å². The number of nitrogens with one attached hydrogen (secondary N) is 1. The van der Waals surface area contributed by atoms with Crippen LogP contribution in [0.25, 0.3) is 0 Å². The van der Waals surface area contributed by atoms with Crippen LogP contribution in [-0.4, -0.2) is 23.5 Å². The molecule has 1 aromatic carbocycles. The van der Waals surface area contributed by atoms with E-state index < -0.39 is 11.9 Å². The highest BCUT2D eigenvalue weighted by Crippen LogP contribution is 2.43. The van der Waals surface area contributed by atoms with Crippen molar-refractivity contribution in [3.05, 3.63) is 29.8 Å². The summed E-state index contributed by atoms with van der Waals surface area (Å²) in [6.07, 6.45) is 3.20. The molecule has 2 rings (SSSR count). The first-order valence-corrected chi connectivity index (χ1v) is 6.36. The van der Waals surface area contributed by atoms with Crippen molar-refractivity contribution in [3.8, 4) is 0 Å². The first-order valence-electron chi connectivity index (χ1n) is 6.36. The largest absolute Gasteiger partial charge is 0.481 e. The maximum atomic E-state index is 10.9. The van der Waals surface area contributed by atoms with E-state index in [-0.39, 0.29) is 11.8 Å². The Kier molecular flexibility index (Phi) is 3.74. The highest BCUT2D eigenvalue weighted by Gasteiger charge is 2.38. The number of aliphatic carboxylic acids is 1. The second kappa shape index (κ2) is 5.30. The number of amides is 1. The lowest BCUT2D eigenvalue weighted by molar-refractivity contribution is -0.141. The third-order valence-corrected chi connectivity index (χ3v) is 3.78. The van der Waals surface area contributed by atoms with Gasteiger partial charge in [-0.3, -0.25) is 9.59 Å². The normalized spacial score (nSPS) is 16.4. The third kappa shape index (κ3) is 3.24. The molecule has 1 aliphatic rings. The molecule has 5 nitrogen and oxygen atoms in total. The van der Waals surface area contributed by atoms with Crippen LogP contribution in [0.15, 0.2) is 24.3 Å². The van der Waals surface area contributed by atoms with Crippen LogP contribution in [0.4, 0.5) is 5.69 Å². The molecule has 0 heterocycles. The van der Waals surface area contributed by atoms with E-state index in [1.54, 1.807) is 24.3 Å². The average molecular weight is 262 g/mol. The highest BCUT2D eigenvalue weighted by atomic mass is 16.4. The van der Waals surface area contributed by atoms with Gasteiger partial charge in [-0.2, -0.15) is 0 Å². The fourth-order valence-corrected chi connectivity index (χ4v) is 2.46. The fraction of sp³-hybridized carbons (Fsp3) is 0.429. The zero-order chi connectivity index (χ0) is 13.9. The third-order valence-electron chi connectivity index (χ3n) is 3.78. The molecule has 4 N–H and O–H groups in total. The number of nitrogens with two attached hydrogens (primary N) is 1. The summed E-state index contributed by atoms with van der Waals surface area (Å²) in [6.45, 7) is 0.648. The number of hydrogen-bond donors (Lipinski definition) is 3. The number of hydrogen-bond acceptors (Lipinski definition) is 3. The van der Waals surface area contributed by atoms with Crippen molar-refractivity contribution in [2.75, 3.05) is 11.9 Å². The topological polar surface area (TPSA) is 92.4 Å². The van der Waals surface area contributed by atoms with E-state index in [0.717, 1.165) is 24.9 Å². The van der Waals surface area contributed by atoms with Gasteiger partial charge >= 0.3 is 5.97 Å². The molecular formula is C14H18N2O3. The lowest BCUT2D eigenvalue weighted by Gasteiger charge is -2.41. The van der Waals surface area contributed by atoms with Crippen LogP contribution in [0.1, 0.15) is 36.0 Å². The number of rotatable bonds is 6. The number of anilines is 1. The summed E-state index contributed by atoms with van der Waals surface area (Å²) in [7, 11) is 0. The van der Waals surface area contributed by atoms with Gasteiger partial charge in [0.25, 0.3) is 0 Å². The minimum atomic E-state index is -0.745. The molecule has 5 heteroatoms. The molecule has 0 atom stereocenters. The van der Waals surface area contributed by atoms with Crippen LogP contribution in [0, 0.1) is 5.41 Å². The van der Waals surface area contributed by atoms with Crippen LogP contribution in [0.5, 0.6) is 0 Å². The monoisotopic (exact) mass is 262 g/mol. The van der Waals surface area contributed by atoms with Gasteiger partial charge in [-0.25, -0.2) is 0 Å². The van der Waals surface area contributed by atoms with E-state index in [1.807, 2.05) is 0 Å². The minimum Gasteiger partial charge on any atom is -0.481 e. The molecule has 19 heavy (non-hydrogen) atoms. The van der Waals surface area contributed by atoms with E-state index in [1.165, 1.54) is 0 Å². The number of carboxylic acid groups (broad SMARTS) is 1. The van der Waals surface area contributed by atoms with Crippen molar-refractivity contribution in [2.45, 2.75) is 25.7 Å². The summed E-state index contributed by atoms with van der Waals surface area (Å²) in [6, 6.07) is 6.89. The van der Waals surface area contributed by atoms with Crippen molar-refractivity contribution in [3.63, 3.8) is 0 Å². The minimum absolute atomic E-state index is 0.117. The summed E-state index contributed by atoms with van der Waals surface area (Å²) in [4.78, 5) is 21.8. The fourth-order valence-electron chi connectivity index (χ4n) is 2.46. The molecule has 1 aromatic rings. The molecule has 1 aliphatic carbocycles. The van der Waals surface area contributed by atoms with E-state index in [9.17, 15) is 9.59 Å². The maximum Gasteiger partial charge on any atom is 0.303 e. The molecule has 1 amide bonds. The second-order valence-corrected chi connectivity index (χ2v) is 5.22. The van der Waals surface area contributed by atoms with E-state index >= 15 is 0 Å². The number of primary amides is 1. The number of carbonyl (C=O) groups excluding carboxylic acids is 1. The van der Waals surface area contributed by atoms with Gasteiger partial charge in [0, 0.05) is 17.8 Å². The Morgan fingerprint density at radius 1 is 1.26 bits per heavy atom. The Bertz CT molecular complexity index is 478. The Morgan fingerprint density at radius 3 is 2.32 bits per heavy atom. The molecule has 0 saturated heterocycles. The van der Waals surface area contributed by atoms with Crippen molar-refractivity contribution in [2.24, 2.45) is 11.1 Å². The molecule has 1 saturated carbocycles. The first-order chi connectivity index (χ1) is 9.01. The van der Waals surface area contributed by atoms with Gasteiger partial charge in [0.15, 0.2) is 0 Å². The molecule has 0 spiro atoms. The number of carbonyl (C=O) groups is 2. The van der Waals surface area contributed by atoms with E-state index in [0.29, 0.717) is 12.1 Å². The predicted octanol–water partition coefficient (Wildman–Crippen LogP) is 1.84. The molecular weight excluding hydrogens is 244 g/mol. The molecule has 0 bridgehead atoms. The van der Waals surface area contributed by atoms with E-state index in [4.69, 9.17) is 10.8 Å². The Balaban J connectivity index is 1.94. The summed E-state index contributed by atoms with van der Waals surface area (Å²) in [5.74, 6) is -1.20. The SMILES string of the molecule is NC(=O)c1ccc(NCC2(CC(=O)O)CCC2)cc1. The molecule has 102 valence electrons. The Morgan fingerprint density at radius 2 is 1.89 bits per heavy atom. The van der Waals surface area contributed by atoms with Crippen molar-refractivity contribution >= 4 is 17.6 Å².